The minimum absolute atomic E-state index is 0.0283. The van der Waals surface area contributed by atoms with Crippen LogP contribution in [-0.2, 0) is 4.79 Å². The van der Waals surface area contributed by atoms with Crippen molar-refractivity contribution in [3.05, 3.63) is 29.3 Å². The second-order valence-corrected chi connectivity index (χ2v) is 5.25. The van der Waals surface area contributed by atoms with E-state index in [-0.39, 0.29) is 24.5 Å². The molecule has 18 heavy (non-hydrogen) atoms. The van der Waals surface area contributed by atoms with E-state index in [1.807, 2.05) is 0 Å². The molecule has 1 fully saturated rings. The summed E-state index contributed by atoms with van der Waals surface area (Å²) in [6, 6.07) is 6.98. The number of hydrogen-bond donors (Lipinski definition) is 3. The topological polar surface area (TPSA) is 61.4 Å². The van der Waals surface area contributed by atoms with E-state index in [0.717, 1.165) is 18.5 Å². The van der Waals surface area contributed by atoms with Crippen molar-refractivity contribution >= 4 is 23.2 Å². The van der Waals surface area contributed by atoms with Crippen LogP contribution < -0.4 is 10.6 Å². The Morgan fingerprint density at radius 3 is 2.56 bits per heavy atom. The number of carbonyl (C=O) groups is 1. The summed E-state index contributed by atoms with van der Waals surface area (Å²) >= 11 is 5.76. The van der Waals surface area contributed by atoms with E-state index in [0.29, 0.717) is 11.6 Å². The normalized spacial score (nSPS) is 16.3. The van der Waals surface area contributed by atoms with Gasteiger partial charge in [0.2, 0.25) is 5.91 Å². The summed E-state index contributed by atoms with van der Waals surface area (Å²) in [7, 11) is 0. The minimum atomic E-state index is -0.0916. The van der Waals surface area contributed by atoms with Gasteiger partial charge in [-0.15, -0.1) is 0 Å². The molecule has 0 atom stereocenters. The molecule has 1 amide bonds. The molecule has 0 spiro atoms. The molecule has 0 saturated heterocycles. The molecule has 1 saturated carbocycles. The van der Waals surface area contributed by atoms with Gasteiger partial charge in [0.05, 0.1) is 6.54 Å². The van der Waals surface area contributed by atoms with Crippen LogP contribution in [0.15, 0.2) is 24.3 Å². The van der Waals surface area contributed by atoms with Gasteiger partial charge in [-0.25, -0.2) is 0 Å². The zero-order chi connectivity index (χ0) is 13.0. The maximum atomic E-state index is 11.6. The Labute approximate surface area is 111 Å². The first kappa shape index (κ1) is 13.3. The van der Waals surface area contributed by atoms with E-state index < -0.39 is 0 Å². The van der Waals surface area contributed by atoms with Gasteiger partial charge in [-0.3, -0.25) is 4.79 Å². The average molecular weight is 269 g/mol. The van der Waals surface area contributed by atoms with Crippen LogP contribution in [0.4, 0.5) is 5.69 Å². The first-order valence-corrected chi connectivity index (χ1v) is 6.38. The molecular formula is C13H17ClN2O2. The second-order valence-electron chi connectivity index (χ2n) is 4.82. The van der Waals surface area contributed by atoms with Crippen LogP contribution in [-0.4, -0.2) is 30.7 Å². The molecule has 0 heterocycles. The first-order chi connectivity index (χ1) is 8.63. The Bertz CT molecular complexity index is 416. The van der Waals surface area contributed by atoms with E-state index in [2.05, 4.69) is 10.6 Å². The molecule has 0 bridgehead atoms. The van der Waals surface area contributed by atoms with Crippen molar-refractivity contribution in [3.63, 3.8) is 0 Å². The number of rotatable bonds is 6. The molecule has 0 radical (unpaired) electrons. The molecule has 1 aromatic carbocycles. The van der Waals surface area contributed by atoms with Gasteiger partial charge in [0, 0.05) is 29.3 Å². The van der Waals surface area contributed by atoms with Gasteiger partial charge in [-0.2, -0.15) is 0 Å². The summed E-state index contributed by atoms with van der Waals surface area (Å²) in [5.41, 5.74) is 0.759. The van der Waals surface area contributed by atoms with Gasteiger partial charge in [0.1, 0.15) is 0 Å². The maximum absolute atomic E-state index is 11.6. The predicted molar refractivity (Wildman–Crippen MR) is 71.7 cm³/mol. The van der Waals surface area contributed by atoms with Gasteiger partial charge < -0.3 is 15.7 Å². The van der Waals surface area contributed by atoms with E-state index in [4.69, 9.17) is 16.7 Å². The van der Waals surface area contributed by atoms with Gasteiger partial charge in [0.15, 0.2) is 0 Å². The lowest BCUT2D eigenvalue weighted by Crippen LogP contribution is -2.33. The molecule has 4 nitrogen and oxygen atoms in total. The van der Waals surface area contributed by atoms with Crippen LogP contribution in [0.5, 0.6) is 0 Å². The summed E-state index contributed by atoms with van der Waals surface area (Å²) in [5, 5.41) is 15.6. The number of amides is 1. The van der Waals surface area contributed by atoms with E-state index >= 15 is 0 Å². The van der Waals surface area contributed by atoms with Crippen LogP contribution >= 0.6 is 11.6 Å². The molecular weight excluding hydrogens is 252 g/mol. The maximum Gasteiger partial charge on any atom is 0.238 e. The number of carbonyl (C=O) groups excluding carboxylic acids is 1. The molecule has 1 aliphatic rings. The molecule has 2 rings (SSSR count). The van der Waals surface area contributed by atoms with Crippen LogP contribution in [0.3, 0.4) is 0 Å². The SMILES string of the molecule is O=C(CNCC1(CO)CC1)Nc1ccc(Cl)cc1. The Kier molecular flexibility index (Phi) is 4.22. The summed E-state index contributed by atoms with van der Waals surface area (Å²) in [4.78, 5) is 11.6. The summed E-state index contributed by atoms with van der Waals surface area (Å²) in [6.45, 7) is 1.14. The molecule has 0 aromatic heterocycles. The molecule has 3 N–H and O–H groups in total. The largest absolute Gasteiger partial charge is 0.396 e. The number of hydrogen-bond acceptors (Lipinski definition) is 3. The van der Waals surface area contributed by atoms with Crippen molar-refractivity contribution in [1.82, 2.24) is 5.32 Å². The number of halogens is 1. The smallest absolute Gasteiger partial charge is 0.238 e. The Hall–Kier alpha value is -1.10. The highest BCUT2D eigenvalue weighted by molar-refractivity contribution is 6.30. The molecule has 0 aliphatic heterocycles. The van der Waals surface area contributed by atoms with E-state index in [9.17, 15) is 4.79 Å². The second kappa shape index (κ2) is 5.69. The third-order valence-corrected chi connectivity index (χ3v) is 3.46. The minimum Gasteiger partial charge on any atom is -0.396 e. The lowest BCUT2D eigenvalue weighted by molar-refractivity contribution is -0.115. The molecule has 1 aromatic rings. The number of aliphatic hydroxyl groups is 1. The summed E-state index contributed by atoms with van der Waals surface area (Å²) in [6.07, 6.45) is 2.07. The standard InChI is InChI=1S/C13H17ClN2O2/c14-10-1-3-11(4-2-10)16-12(18)7-15-8-13(9-17)5-6-13/h1-4,15,17H,5-9H2,(H,16,18). The van der Waals surface area contributed by atoms with Crippen LogP contribution in [0.2, 0.25) is 5.02 Å². The van der Waals surface area contributed by atoms with Crippen LogP contribution in [0.25, 0.3) is 0 Å². The fourth-order valence-corrected chi connectivity index (χ4v) is 1.87. The lowest BCUT2D eigenvalue weighted by atomic mass is 10.1. The Morgan fingerprint density at radius 2 is 2.00 bits per heavy atom. The van der Waals surface area contributed by atoms with E-state index in [1.165, 1.54) is 0 Å². The number of benzene rings is 1. The van der Waals surface area contributed by atoms with Crippen molar-refractivity contribution in [3.8, 4) is 0 Å². The number of nitrogens with one attached hydrogen (secondary N) is 2. The zero-order valence-electron chi connectivity index (χ0n) is 10.1. The van der Waals surface area contributed by atoms with Gasteiger partial charge >= 0.3 is 0 Å². The highest BCUT2D eigenvalue weighted by Crippen LogP contribution is 2.44. The summed E-state index contributed by atoms with van der Waals surface area (Å²) < 4.78 is 0. The van der Waals surface area contributed by atoms with Crippen molar-refractivity contribution < 1.29 is 9.90 Å². The van der Waals surface area contributed by atoms with Gasteiger partial charge in [-0.05, 0) is 37.1 Å². The van der Waals surface area contributed by atoms with Crippen LogP contribution in [0.1, 0.15) is 12.8 Å². The molecule has 0 unspecified atom stereocenters. The fourth-order valence-electron chi connectivity index (χ4n) is 1.75. The van der Waals surface area contributed by atoms with E-state index in [1.54, 1.807) is 24.3 Å². The average Bonchev–Trinajstić information content (AvgIpc) is 3.13. The predicted octanol–water partition coefficient (Wildman–Crippen LogP) is 1.64. The van der Waals surface area contributed by atoms with Crippen molar-refractivity contribution in [2.45, 2.75) is 12.8 Å². The first-order valence-electron chi connectivity index (χ1n) is 6.01. The van der Waals surface area contributed by atoms with Gasteiger partial charge in [-0.1, -0.05) is 11.6 Å². The molecule has 1 aliphatic carbocycles. The third kappa shape index (κ3) is 3.70. The fraction of sp³-hybridized carbons (Fsp3) is 0.462. The Morgan fingerprint density at radius 1 is 1.33 bits per heavy atom. The highest BCUT2D eigenvalue weighted by Gasteiger charge is 2.41. The molecule has 98 valence electrons. The lowest BCUT2D eigenvalue weighted by Gasteiger charge is -2.12. The van der Waals surface area contributed by atoms with Crippen LogP contribution in [0, 0.1) is 5.41 Å². The van der Waals surface area contributed by atoms with Gasteiger partial charge in [0.25, 0.3) is 0 Å². The van der Waals surface area contributed by atoms with Crippen molar-refractivity contribution in [2.75, 3.05) is 25.0 Å². The zero-order valence-corrected chi connectivity index (χ0v) is 10.8. The third-order valence-electron chi connectivity index (χ3n) is 3.21. The molecule has 5 heteroatoms. The highest BCUT2D eigenvalue weighted by atomic mass is 35.5. The monoisotopic (exact) mass is 268 g/mol. The Balaban J connectivity index is 1.70. The summed E-state index contributed by atoms with van der Waals surface area (Å²) in [5.74, 6) is -0.0916. The quantitative estimate of drug-likeness (QED) is 0.735. The number of anilines is 1. The van der Waals surface area contributed by atoms with Crippen molar-refractivity contribution in [2.24, 2.45) is 5.41 Å². The number of aliphatic hydroxyl groups excluding tert-OH is 1. The van der Waals surface area contributed by atoms with Crippen molar-refractivity contribution in [1.29, 1.82) is 0 Å².